The molecule has 8 heteroatoms. The zero-order valence-electron chi connectivity index (χ0n) is 17.3. The van der Waals surface area contributed by atoms with Crippen LogP contribution in [0.25, 0.3) is 16.7 Å². The molecule has 0 bridgehead atoms. The molecule has 0 radical (unpaired) electrons. The maximum atomic E-state index is 12.5. The second-order valence-corrected chi connectivity index (χ2v) is 6.98. The van der Waals surface area contributed by atoms with Crippen LogP contribution in [-0.4, -0.2) is 37.3 Å². The van der Waals surface area contributed by atoms with Crippen molar-refractivity contribution in [2.24, 2.45) is 0 Å². The van der Waals surface area contributed by atoms with E-state index in [0.29, 0.717) is 23.0 Å². The highest BCUT2D eigenvalue weighted by molar-refractivity contribution is 5.95. The summed E-state index contributed by atoms with van der Waals surface area (Å²) in [5.41, 5.74) is 4.13. The van der Waals surface area contributed by atoms with Gasteiger partial charge in [0, 0.05) is 17.1 Å². The molecule has 0 atom stereocenters. The van der Waals surface area contributed by atoms with Gasteiger partial charge in [0.15, 0.2) is 11.6 Å². The summed E-state index contributed by atoms with van der Waals surface area (Å²) in [5.74, 6) is 1.11. The zero-order chi connectivity index (χ0) is 21.3. The molecule has 0 amide bonds. The smallest absolute Gasteiger partial charge is 0.343 e. The van der Waals surface area contributed by atoms with Crippen LogP contribution in [0.1, 0.15) is 34.1 Å². The standard InChI is InChI=1S/C22H22N6O2/c1-5-30-22(29)17-11-25-28(21(17)26-18-10-15(4)23-12-24-18)19-9-14(3)16-8-6-7-13(2)20(16)27-19/h6-12H,5H2,1-4H3,(H,23,24,26). The van der Waals surface area contributed by atoms with Crippen molar-refractivity contribution in [2.75, 3.05) is 11.9 Å². The molecular weight excluding hydrogens is 380 g/mol. The minimum Gasteiger partial charge on any atom is -0.462 e. The number of hydrogen-bond acceptors (Lipinski definition) is 7. The summed E-state index contributed by atoms with van der Waals surface area (Å²) in [4.78, 5) is 25.7. The monoisotopic (exact) mass is 402 g/mol. The van der Waals surface area contributed by atoms with E-state index in [1.165, 1.54) is 12.5 Å². The Morgan fingerprint density at radius 2 is 1.97 bits per heavy atom. The van der Waals surface area contributed by atoms with Crippen molar-refractivity contribution in [1.29, 1.82) is 0 Å². The molecule has 8 nitrogen and oxygen atoms in total. The van der Waals surface area contributed by atoms with E-state index in [2.05, 4.69) is 20.4 Å². The van der Waals surface area contributed by atoms with Crippen LogP contribution >= 0.6 is 0 Å². The van der Waals surface area contributed by atoms with E-state index >= 15 is 0 Å². The predicted molar refractivity (Wildman–Crippen MR) is 114 cm³/mol. The fraction of sp³-hybridized carbons (Fsp3) is 0.227. The number of nitrogens with zero attached hydrogens (tertiary/aromatic N) is 5. The van der Waals surface area contributed by atoms with Gasteiger partial charge in [-0.15, -0.1) is 0 Å². The first-order chi connectivity index (χ1) is 14.5. The topological polar surface area (TPSA) is 94.8 Å². The van der Waals surface area contributed by atoms with Crippen LogP contribution in [0.5, 0.6) is 0 Å². The van der Waals surface area contributed by atoms with E-state index in [0.717, 1.165) is 27.7 Å². The molecule has 1 N–H and O–H groups in total. The lowest BCUT2D eigenvalue weighted by Crippen LogP contribution is -2.11. The average Bonchev–Trinajstić information content (AvgIpc) is 3.12. The summed E-state index contributed by atoms with van der Waals surface area (Å²) in [6.45, 7) is 7.95. The maximum absolute atomic E-state index is 12.5. The van der Waals surface area contributed by atoms with Gasteiger partial charge in [0.2, 0.25) is 0 Å². The van der Waals surface area contributed by atoms with Crippen LogP contribution < -0.4 is 5.32 Å². The number of carbonyl (C=O) groups excluding carboxylic acids is 1. The highest BCUT2D eigenvalue weighted by atomic mass is 16.5. The first kappa shape index (κ1) is 19.5. The molecule has 4 rings (SSSR count). The van der Waals surface area contributed by atoms with Gasteiger partial charge in [0.25, 0.3) is 0 Å². The Hall–Kier alpha value is -3.81. The molecule has 0 aliphatic carbocycles. The molecule has 3 heterocycles. The van der Waals surface area contributed by atoms with Crippen molar-refractivity contribution in [3.8, 4) is 5.82 Å². The molecule has 0 aliphatic rings. The summed E-state index contributed by atoms with van der Waals surface area (Å²) in [7, 11) is 0. The molecule has 4 aromatic rings. The van der Waals surface area contributed by atoms with Crippen molar-refractivity contribution in [3.63, 3.8) is 0 Å². The Labute approximate surface area is 174 Å². The Morgan fingerprint density at radius 3 is 2.73 bits per heavy atom. The molecule has 0 saturated heterocycles. The molecular formula is C22H22N6O2. The summed E-state index contributed by atoms with van der Waals surface area (Å²) in [6, 6.07) is 9.82. The number of hydrogen-bond donors (Lipinski definition) is 1. The molecule has 0 aliphatic heterocycles. The Bertz CT molecular complexity index is 1250. The van der Waals surface area contributed by atoms with Crippen molar-refractivity contribution in [1.82, 2.24) is 24.7 Å². The number of para-hydroxylation sites is 1. The minimum absolute atomic E-state index is 0.266. The van der Waals surface area contributed by atoms with Crippen molar-refractivity contribution in [3.05, 3.63) is 65.2 Å². The number of ether oxygens (including phenoxy) is 1. The number of carbonyl (C=O) groups is 1. The summed E-state index contributed by atoms with van der Waals surface area (Å²) in [5, 5.41) is 8.70. The summed E-state index contributed by atoms with van der Waals surface area (Å²) < 4.78 is 6.81. The van der Waals surface area contributed by atoms with Gasteiger partial charge in [0.1, 0.15) is 17.7 Å². The number of fused-ring (bicyclic) bond motifs is 1. The predicted octanol–water partition coefficient (Wildman–Crippen LogP) is 4.06. The summed E-state index contributed by atoms with van der Waals surface area (Å²) in [6.07, 6.45) is 2.94. The van der Waals surface area contributed by atoms with Gasteiger partial charge in [0.05, 0.1) is 18.3 Å². The maximum Gasteiger partial charge on any atom is 0.343 e. The van der Waals surface area contributed by atoms with Crippen LogP contribution in [0.3, 0.4) is 0 Å². The first-order valence-corrected chi connectivity index (χ1v) is 9.66. The number of aromatic nitrogens is 5. The van der Waals surface area contributed by atoms with Crippen molar-refractivity contribution < 1.29 is 9.53 Å². The molecule has 3 aromatic heterocycles. The normalized spacial score (nSPS) is 10.9. The molecule has 0 spiro atoms. The lowest BCUT2D eigenvalue weighted by Gasteiger charge is -2.13. The van der Waals surface area contributed by atoms with E-state index < -0.39 is 5.97 Å². The van der Waals surface area contributed by atoms with Gasteiger partial charge in [-0.1, -0.05) is 18.2 Å². The third-order valence-corrected chi connectivity index (χ3v) is 4.77. The number of esters is 1. The number of pyridine rings is 1. The number of nitrogens with one attached hydrogen (secondary N) is 1. The van der Waals surface area contributed by atoms with Crippen molar-refractivity contribution >= 4 is 28.5 Å². The van der Waals surface area contributed by atoms with Crippen LogP contribution in [0.2, 0.25) is 0 Å². The van der Waals surface area contributed by atoms with E-state index in [9.17, 15) is 4.79 Å². The fourth-order valence-corrected chi connectivity index (χ4v) is 3.30. The van der Waals surface area contributed by atoms with Gasteiger partial charge < -0.3 is 10.1 Å². The highest BCUT2D eigenvalue weighted by Crippen LogP contribution is 2.27. The minimum atomic E-state index is -0.467. The molecule has 0 unspecified atom stereocenters. The van der Waals surface area contributed by atoms with Crippen LogP contribution in [0, 0.1) is 20.8 Å². The molecule has 152 valence electrons. The van der Waals surface area contributed by atoms with Gasteiger partial charge in [-0.2, -0.15) is 9.78 Å². The zero-order valence-corrected chi connectivity index (χ0v) is 17.3. The second-order valence-electron chi connectivity index (χ2n) is 6.98. The van der Waals surface area contributed by atoms with Gasteiger partial charge >= 0.3 is 5.97 Å². The van der Waals surface area contributed by atoms with Gasteiger partial charge in [-0.25, -0.2) is 19.7 Å². The lowest BCUT2D eigenvalue weighted by atomic mass is 10.1. The largest absolute Gasteiger partial charge is 0.462 e. The molecule has 30 heavy (non-hydrogen) atoms. The van der Waals surface area contributed by atoms with Crippen LogP contribution in [0.15, 0.2) is 42.9 Å². The fourth-order valence-electron chi connectivity index (χ4n) is 3.30. The molecule has 0 fully saturated rings. The number of aryl methyl sites for hydroxylation is 3. The Morgan fingerprint density at radius 1 is 1.13 bits per heavy atom. The second kappa shape index (κ2) is 7.90. The number of rotatable bonds is 5. The van der Waals surface area contributed by atoms with E-state index in [1.807, 2.05) is 45.0 Å². The van der Waals surface area contributed by atoms with E-state index in [1.54, 1.807) is 17.7 Å². The third kappa shape index (κ3) is 3.59. The lowest BCUT2D eigenvalue weighted by molar-refractivity contribution is 0.0527. The number of anilines is 2. The first-order valence-electron chi connectivity index (χ1n) is 9.66. The summed E-state index contributed by atoms with van der Waals surface area (Å²) >= 11 is 0. The van der Waals surface area contributed by atoms with E-state index in [-0.39, 0.29) is 6.61 Å². The average molecular weight is 402 g/mol. The van der Waals surface area contributed by atoms with Crippen molar-refractivity contribution in [2.45, 2.75) is 27.7 Å². The Kier molecular flexibility index (Phi) is 5.14. The Balaban J connectivity index is 1.88. The SMILES string of the molecule is CCOC(=O)c1cnn(-c2cc(C)c3cccc(C)c3n2)c1Nc1cc(C)ncn1. The molecule has 1 aromatic carbocycles. The molecule has 0 saturated carbocycles. The van der Waals surface area contributed by atoms with Gasteiger partial charge in [-0.05, 0) is 44.9 Å². The van der Waals surface area contributed by atoms with E-state index in [4.69, 9.17) is 9.72 Å². The van der Waals surface area contributed by atoms with Crippen LogP contribution in [-0.2, 0) is 4.74 Å². The quantitative estimate of drug-likeness (QED) is 0.503. The number of benzene rings is 1. The third-order valence-electron chi connectivity index (χ3n) is 4.77. The van der Waals surface area contributed by atoms with Gasteiger partial charge in [-0.3, -0.25) is 0 Å². The highest BCUT2D eigenvalue weighted by Gasteiger charge is 2.21. The van der Waals surface area contributed by atoms with Crippen LogP contribution in [0.4, 0.5) is 11.6 Å².